The summed E-state index contributed by atoms with van der Waals surface area (Å²) in [5.41, 5.74) is 5.77. The van der Waals surface area contributed by atoms with E-state index in [2.05, 4.69) is 23.8 Å². The van der Waals surface area contributed by atoms with E-state index in [-0.39, 0.29) is 16.7 Å². The second-order valence-electron chi connectivity index (χ2n) is 4.35. The Bertz CT molecular complexity index is 429. The molecule has 1 aromatic heterocycles. The highest BCUT2D eigenvalue weighted by atomic mass is 35.5. The van der Waals surface area contributed by atoms with Gasteiger partial charge in [-0.3, -0.25) is 4.79 Å². The van der Waals surface area contributed by atoms with Crippen LogP contribution in [0.25, 0.3) is 0 Å². The van der Waals surface area contributed by atoms with Crippen LogP contribution in [0.4, 0.5) is 5.82 Å². The summed E-state index contributed by atoms with van der Waals surface area (Å²) in [6, 6.07) is 0. The number of carbonyl (C=O) groups is 1. The fourth-order valence-electron chi connectivity index (χ4n) is 1.71. The van der Waals surface area contributed by atoms with Crippen molar-refractivity contribution in [3.63, 3.8) is 0 Å². The molecule has 0 aliphatic heterocycles. The van der Waals surface area contributed by atoms with Gasteiger partial charge in [-0.2, -0.15) is 0 Å². The molecule has 0 saturated heterocycles. The monoisotopic (exact) mass is 301 g/mol. The van der Waals surface area contributed by atoms with Gasteiger partial charge in [0.25, 0.3) is 0 Å². The maximum absolute atomic E-state index is 10.7. The molecule has 1 unspecified atom stereocenters. The minimum atomic E-state index is 0.105. The van der Waals surface area contributed by atoms with Gasteiger partial charge in [-0.15, -0.1) is 0 Å². The lowest BCUT2D eigenvalue weighted by Crippen LogP contribution is -2.06. The van der Waals surface area contributed by atoms with Gasteiger partial charge < -0.3 is 5.73 Å². The van der Waals surface area contributed by atoms with E-state index >= 15 is 0 Å². The van der Waals surface area contributed by atoms with Crippen molar-refractivity contribution in [3.05, 3.63) is 10.8 Å². The van der Waals surface area contributed by atoms with Crippen LogP contribution >= 0.6 is 23.4 Å². The van der Waals surface area contributed by atoms with Crippen molar-refractivity contribution in [1.29, 1.82) is 0 Å². The largest absolute Gasteiger partial charge is 0.382 e. The van der Waals surface area contributed by atoms with Crippen LogP contribution in [-0.4, -0.2) is 21.5 Å². The average Bonchev–Trinajstić information content (AvgIpc) is 2.41. The lowest BCUT2D eigenvalue weighted by Gasteiger charge is -2.14. The molecule has 4 nitrogen and oxygen atoms in total. The molecule has 0 saturated carbocycles. The summed E-state index contributed by atoms with van der Waals surface area (Å²) in [6.45, 7) is 4.34. The summed E-state index contributed by atoms with van der Waals surface area (Å²) >= 11 is 7.63. The Balaban J connectivity index is 2.74. The Kier molecular flexibility index (Phi) is 7.16. The molecule has 0 aliphatic carbocycles. The summed E-state index contributed by atoms with van der Waals surface area (Å²) in [5.74, 6) is 0.144. The molecular formula is C13H20ClN3OS. The normalized spacial score (nSPS) is 12.4. The van der Waals surface area contributed by atoms with Gasteiger partial charge in [0.2, 0.25) is 0 Å². The van der Waals surface area contributed by atoms with E-state index < -0.39 is 0 Å². The number of hydrogen-bond acceptors (Lipinski definition) is 5. The van der Waals surface area contributed by atoms with Crippen molar-refractivity contribution < 1.29 is 4.79 Å². The number of anilines is 1. The number of unbranched alkanes of at least 4 members (excludes halogenated alkanes) is 2. The Morgan fingerprint density at radius 1 is 1.37 bits per heavy atom. The molecule has 6 heteroatoms. The highest BCUT2D eigenvalue weighted by molar-refractivity contribution is 8.00. The predicted octanol–water partition coefficient (Wildman–Crippen LogP) is 3.98. The third kappa shape index (κ3) is 4.99. The van der Waals surface area contributed by atoms with Crippen molar-refractivity contribution in [1.82, 2.24) is 9.97 Å². The van der Waals surface area contributed by atoms with E-state index in [0.29, 0.717) is 16.6 Å². The minimum Gasteiger partial charge on any atom is -0.382 e. The van der Waals surface area contributed by atoms with Gasteiger partial charge in [0.1, 0.15) is 10.7 Å². The number of rotatable bonds is 8. The van der Waals surface area contributed by atoms with E-state index in [0.717, 1.165) is 12.8 Å². The first-order valence-corrected chi connectivity index (χ1v) is 7.82. The van der Waals surface area contributed by atoms with Gasteiger partial charge in [-0.1, -0.05) is 56.5 Å². The lowest BCUT2D eigenvalue weighted by atomic mass is 10.1. The Morgan fingerprint density at radius 2 is 2.11 bits per heavy atom. The molecule has 1 aromatic rings. The first-order valence-electron chi connectivity index (χ1n) is 6.57. The Hall–Kier alpha value is -0.810. The number of aldehydes is 1. The number of nitrogens with zero attached hydrogens (tertiary/aromatic N) is 2. The highest BCUT2D eigenvalue weighted by Gasteiger charge is 2.15. The number of nitrogens with two attached hydrogens (primary N) is 1. The fraction of sp³-hybridized carbons (Fsp3) is 0.615. The summed E-state index contributed by atoms with van der Waals surface area (Å²) in [7, 11) is 0. The molecule has 0 aromatic carbocycles. The number of hydrogen-bond donors (Lipinski definition) is 1. The third-order valence-corrected chi connectivity index (χ3v) is 4.64. The van der Waals surface area contributed by atoms with Crippen LogP contribution in [-0.2, 0) is 0 Å². The van der Waals surface area contributed by atoms with Crippen molar-refractivity contribution >= 4 is 35.5 Å². The average molecular weight is 302 g/mol. The van der Waals surface area contributed by atoms with Crippen LogP contribution in [0.2, 0.25) is 5.15 Å². The topological polar surface area (TPSA) is 68.9 Å². The van der Waals surface area contributed by atoms with E-state index in [4.69, 9.17) is 17.3 Å². The van der Waals surface area contributed by atoms with Crippen molar-refractivity contribution in [2.24, 2.45) is 0 Å². The molecule has 19 heavy (non-hydrogen) atoms. The molecule has 1 rings (SSSR count). The summed E-state index contributed by atoms with van der Waals surface area (Å²) in [6.07, 6.45) is 6.39. The number of halogens is 1. The zero-order chi connectivity index (χ0) is 14.3. The summed E-state index contributed by atoms with van der Waals surface area (Å²) < 4.78 is 0. The van der Waals surface area contributed by atoms with E-state index in [1.165, 1.54) is 19.3 Å². The van der Waals surface area contributed by atoms with Crippen LogP contribution in [0.5, 0.6) is 0 Å². The third-order valence-electron chi connectivity index (χ3n) is 2.85. The van der Waals surface area contributed by atoms with Crippen molar-refractivity contribution in [3.8, 4) is 0 Å². The smallest absolute Gasteiger partial charge is 0.172 e. The minimum absolute atomic E-state index is 0.105. The Morgan fingerprint density at radius 3 is 2.68 bits per heavy atom. The van der Waals surface area contributed by atoms with Gasteiger partial charge >= 0.3 is 0 Å². The molecule has 0 amide bonds. The van der Waals surface area contributed by atoms with Crippen molar-refractivity contribution in [2.45, 2.75) is 56.2 Å². The van der Waals surface area contributed by atoms with Crippen LogP contribution in [0.15, 0.2) is 5.03 Å². The lowest BCUT2D eigenvalue weighted by molar-refractivity contribution is 0.111. The molecule has 0 spiro atoms. The zero-order valence-electron chi connectivity index (χ0n) is 11.4. The van der Waals surface area contributed by atoms with Gasteiger partial charge in [0.15, 0.2) is 17.3 Å². The molecule has 1 heterocycles. The molecular weight excluding hydrogens is 282 g/mol. The van der Waals surface area contributed by atoms with E-state index in [9.17, 15) is 4.79 Å². The van der Waals surface area contributed by atoms with E-state index in [1.807, 2.05) is 0 Å². The van der Waals surface area contributed by atoms with Crippen LogP contribution in [0.1, 0.15) is 56.4 Å². The summed E-state index contributed by atoms with van der Waals surface area (Å²) in [5, 5.41) is 1.34. The second-order valence-corrected chi connectivity index (χ2v) is 6.00. The van der Waals surface area contributed by atoms with Crippen molar-refractivity contribution in [2.75, 3.05) is 5.73 Å². The molecule has 0 fully saturated rings. The number of aromatic nitrogens is 2. The highest BCUT2D eigenvalue weighted by Crippen LogP contribution is 2.32. The van der Waals surface area contributed by atoms with Crippen LogP contribution in [0, 0.1) is 0 Å². The maximum atomic E-state index is 10.7. The number of nitrogen functional groups attached to an aromatic ring is 1. The Labute approximate surface area is 123 Å². The zero-order valence-corrected chi connectivity index (χ0v) is 12.9. The van der Waals surface area contributed by atoms with Gasteiger partial charge in [0, 0.05) is 5.25 Å². The standard InChI is InChI=1S/C13H20ClN3OS/c1-3-5-6-7-9(4-2)19-13-11(14)16-10(8-18)12(15)17-13/h8-9H,3-7H2,1-2H3,(H2,15,17). The summed E-state index contributed by atoms with van der Waals surface area (Å²) in [4.78, 5) is 18.8. The SMILES string of the molecule is CCCCCC(CC)Sc1nc(N)c(C=O)nc1Cl. The molecule has 106 valence electrons. The van der Waals surface area contributed by atoms with E-state index in [1.54, 1.807) is 11.8 Å². The molecule has 0 aliphatic rings. The van der Waals surface area contributed by atoms with Gasteiger partial charge in [0.05, 0.1) is 0 Å². The molecule has 0 bridgehead atoms. The maximum Gasteiger partial charge on any atom is 0.172 e. The molecule has 0 radical (unpaired) electrons. The van der Waals surface area contributed by atoms with Crippen LogP contribution < -0.4 is 5.73 Å². The second kappa shape index (κ2) is 8.38. The van der Waals surface area contributed by atoms with Gasteiger partial charge in [-0.25, -0.2) is 9.97 Å². The fourth-order valence-corrected chi connectivity index (χ4v) is 3.04. The number of carbonyl (C=O) groups excluding carboxylic acids is 1. The quantitative estimate of drug-likeness (QED) is 0.447. The first kappa shape index (κ1) is 16.2. The predicted molar refractivity (Wildman–Crippen MR) is 80.9 cm³/mol. The first-order chi connectivity index (χ1) is 9.12. The number of thioether (sulfide) groups is 1. The molecule has 2 N–H and O–H groups in total. The molecule has 1 atom stereocenters. The van der Waals surface area contributed by atoms with Crippen LogP contribution in [0.3, 0.4) is 0 Å². The van der Waals surface area contributed by atoms with Gasteiger partial charge in [-0.05, 0) is 12.8 Å².